The molecule has 17 heavy (non-hydrogen) atoms. The monoisotopic (exact) mass is 295 g/mol. The zero-order valence-electron chi connectivity index (χ0n) is 8.52. The summed E-state index contributed by atoms with van der Waals surface area (Å²) in [6.07, 6.45) is 1.55. The topological polar surface area (TPSA) is 54.9 Å². The Balaban J connectivity index is 2.14. The molecule has 0 saturated carbocycles. The average molecular weight is 296 g/mol. The fourth-order valence-electron chi connectivity index (χ4n) is 1.16. The Morgan fingerprint density at radius 2 is 2.12 bits per heavy atom. The van der Waals surface area contributed by atoms with Crippen molar-refractivity contribution in [3.05, 3.63) is 52.6 Å². The van der Waals surface area contributed by atoms with Gasteiger partial charge in [0.05, 0.1) is 0 Å². The Labute approximate surface area is 105 Å². The molecule has 0 aliphatic rings. The van der Waals surface area contributed by atoms with Gasteiger partial charge < -0.3 is 5.32 Å². The van der Waals surface area contributed by atoms with E-state index in [9.17, 15) is 9.18 Å². The van der Waals surface area contributed by atoms with E-state index >= 15 is 0 Å². The minimum Gasteiger partial charge on any atom is -0.305 e. The zero-order chi connectivity index (χ0) is 12.3. The highest BCUT2D eigenvalue weighted by Crippen LogP contribution is 2.11. The predicted octanol–water partition coefficient (Wildman–Crippen LogP) is 2.63. The number of aromatic nitrogens is 2. The molecule has 0 radical (unpaired) electrons. The molecule has 86 valence electrons. The Hall–Kier alpha value is -1.82. The number of carbonyl (C=O) groups is 1. The summed E-state index contributed by atoms with van der Waals surface area (Å²) in [4.78, 5) is 19.1. The van der Waals surface area contributed by atoms with Crippen molar-refractivity contribution in [1.29, 1.82) is 0 Å². The van der Waals surface area contributed by atoms with Crippen LogP contribution in [0.3, 0.4) is 0 Å². The third kappa shape index (κ3) is 3.07. The Morgan fingerprint density at radius 1 is 1.29 bits per heavy atom. The maximum absolute atomic E-state index is 12.8. The van der Waals surface area contributed by atoms with Crippen molar-refractivity contribution in [3.8, 4) is 0 Å². The number of nitrogens with one attached hydrogen (secondary N) is 1. The van der Waals surface area contributed by atoms with Gasteiger partial charge in [0.15, 0.2) is 0 Å². The third-order valence-corrected chi connectivity index (χ3v) is 2.39. The molecule has 4 nitrogen and oxygen atoms in total. The minimum absolute atomic E-state index is 0.00900. The molecule has 2 aromatic heterocycles. The molecule has 0 atom stereocenters. The van der Waals surface area contributed by atoms with Crippen LogP contribution in [0.25, 0.3) is 0 Å². The Morgan fingerprint density at radius 3 is 2.76 bits per heavy atom. The summed E-state index contributed by atoms with van der Waals surface area (Å²) in [6.45, 7) is 0. The number of nitrogens with zero attached hydrogens (tertiary/aromatic N) is 2. The lowest BCUT2D eigenvalue weighted by Crippen LogP contribution is -2.14. The van der Waals surface area contributed by atoms with E-state index in [-0.39, 0.29) is 5.69 Å². The predicted molar refractivity (Wildman–Crippen MR) is 64.1 cm³/mol. The van der Waals surface area contributed by atoms with Gasteiger partial charge >= 0.3 is 0 Å². The lowest BCUT2D eigenvalue weighted by atomic mass is 10.3. The van der Waals surface area contributed by atoms with E-state index in [0.29, 0.717) is 5.82 Å². The molecular weight excluding hydrogens is 289 g/mol. The van der Waals surface area contributed by atoms with Crippen molar-refractivity contribution in [1.82, 2.24) is 9.97 Å². The number of hydrogen-bond donors (Lipinski definition) is 1. The van der Waals surface area contributed by atoms with Gasteiger partial charge in [-0.25, -0.2) is 9.97 Å². The summed E-state index contributed by atoms with van der Waals surface area (Å²) < 4.78 is 13.6. The highest BCUT2D eigenvalue weighted by molar-refractivity contribution is 9.10. The van der Waals surface area contributed by atoms with E-state index in [4.69, 9.17) is 0 Å². The fraction of sp³-hybridized carbons (Fsp3) is 0. The van der Waals surface area contributed by atoms with Gasteiger partial charge in [-0.15, -0.1) is 0 Å². The molecule has 6 heteroatoms. The van der Waals surface area contributed by atoms with Crippen LogP contribution in [0, 0.1) is 5.95 Å². The summed E-state index contributed by atoms with van der Waals surface area (Å²) in [5, 5.41) is 2.51. The smallest absolute Gasteiger partial charge is 0.275 e. The minimum atomic E-state index is -0.693. The van der Waals surface area contributed by atoms with Gasteiger partial charge in [0.2, 0.25) is 5.95 Å². The Kier molecular flexibility index (Phi) is 3.43. The van der Waals surface area contributed by atoms with E-state index in [2.05, 4.69) is 31.2 Å². The van der Waals surface area contributed by atoms with Gasteiger partial charge in [0, 0.05) is 10.7 Å². The summed E-state index contributed by atoms with van der Waals surface area (Å²) >= 11 is 3.23. The molecule has 2 aromatic rings. The largest absolute Gasteiger partial charge is 0.305 e. The van der Waals surface area contributed by atoms with E-state index in [0.717, 1.165) is 4.47 Å². The molecule has 0 saturated heterocycles. The molecule has 2 heterocycles. The molecule has 1 N–H and O–H groups in total. The first-order valence-electron chi connectivity index (χ1n) is 4.70. The fourth-order valence-corrected chi connectivity index (χ4v) is 1.40. The molecule has 0 unspecified atom stereocenters. The first-order valence-corrected chi connectivity index (χ1v) is 5.50. The van der Waals surface area contributed by atoms with Gasteiger partial charge in [-0.2, -0.15) is 4.39 Å². The van der Waals surface area contributed by atoms with Gasteiger partial charge in [0.25, 0.3) is 5.91 Å². The highest BCUT2D eigenvalue weighted by Gasteiger charge is 2.08. The lowest BCUT2D eigenvalue weighted by Gasteiger charge is -2.03. The van der Waals surface area contributed by atoms with Crippen LogP contribution in [-0.2, 0) is 0 Å². The first-order chi connectivity index (χ1) is 8.15. The number of carbonyl (C=O) groups excluding carboxylic acids is 1. The van der Waals surface area contributed by atoms with Crippen LogP contribution in [0.5, 0.6) is 0 Å². The van der Waals surface area contributed by atoms with Crippen LogP contribution < -0.4 is 5.32 Å². The van der Waals surface area contributed by atoms with Crippen LogP contribution in [0.4, 0.5) is 10.2 Å². The molecule has 0 aliphatic heterocycles. The second-order valence-corrected chi connectivity index (χ2v) is 4.08. The van der Waals surface area contributed by atoms with Crippen molar-refractivity contribution in [2.24, 2.45) is 0 Å². The molecule has 1 amide bonds. The van der Waals surface area contributed by atoms with Gasteiger partial charge in [-0.3, -0.25) is 4.79 Å². The quantitative estimate of drug-likeness (QED) is 0.867. The van der Waals surface area contributed by atoms with Crippen LogP contribution in [-0.4, -0.2) is 15.9 Å². The molecule has 0 bridgehead atoms. The molecule has 0 spiro atoms. The lowest BCUT2D eigenvalue weighted by molar-refractivity contribution is 0.102. The van der Waals surface area contributed by atoms with Crippen LogP contribution in [0.15, 0.2) is 41.0 Å². The van der Waals surface area contributed by atoms with Crippen molar-refractivity contribution in [2.45, 2.75) is 0 Å². The van der Waals surface area contributed by atoms with Crippen molar-refractivity contribution in [2.75, 3.05) is 5.32 Å². The number of pyridine rings is 2. The third-order valence-electron chi connectivity index (χ3n) is 1.92. The van der Waals surface area contributed by atoms with E-state index in [1.807, 2.05) is 0 Å². The molecule has 2 rings (SSSR count). The standard InChI is InChI=1S/C11H7BrFN3O/c12-7-4-5-10(14-6-7)16-11(17)8-2-1-3-9(13)15-8/h1-6H,(H,14,16,17). The summed E-state index contributed by atoms with van der Waals surface area (Å²) in [7, 11) is 0. The van der Waals surface area contributed by atoms with Crippen molar-refractivity contribution in [3.63, 3.8) is 0 Å². The van der Waals surface area contributed by atoms with E-state index in [1.54, 1.807) is 18.3 Å². The maximum Gasteiger partial charge on any atom is 0.275 e. The number of halogens is 2. The van der Waals surface area contributed by atoms with Crippen molar-refractivity contribution < 1.29 is 9.18 Å². The maximum atomic E-state index is 12.8. The molecule has 0 fully saturated rings. The van der Waals surface area contributed by atoms with E-state index in [1.165, 1.54) is 18.2 Å². The summed E-state index contributed by atoms with van der Waals surface area (Å²) in [5.74, 6) is -0.815. The molecule has 0 aromatic carbocycles. The number of anilines is 1. The van der Waals surface area contributed by atoms with Crippen LogP contribution in [0.2, 0.25) is 0 Å². The van der Waals surface area contributed by atoms with Gasteiger partial charge in [0.1, 0.15) is 11.5 Å². The molecular formula is C11H7BrFN3O. The second-order valence-electron chi connectivity index (χ2n) is 3.16. The summed E-state index contributed by atoms with van der Waals surface area (Å²) in [5.41, 5.74) is 0.00900. The van der Waals surface area contributed by atoms with Crippen LogP contribution >= 0.6 is 15.9 Å². The SMILES string of the molecule is O=C(Nc1ccc(Br)cn1)c1cccc(F)n1. The zero-order valence-corrected chi connectivity index (χ0v) is 10.1. The van der Waals surface area contributed by atoms with E-state index < -0.39 is 11.9 Å². The van der Waals surface area contributed by atoms with Gasteiger partial charge in [-0.05, 0) is 40.2 Å². The highest BCUT2D eigenvalue weighted by atomic mass is 79.9. The average Bonchev–Trinajstić information content (AvgIpc) is 2.32. The normalized spacial score (nSPS) is 10.0. The van der Waals surface area contributed by atoms with Crippen LogP contribution in [0.1, 0.15) is 10.5 Å². The number of amides is 1. The number of rotatable bonds is 2. The Bertz CT molecular complexity index is 545. The van der Waals surface area contributed by atoms with Crippen molar-refractivity contribution >= 4 is 27.7 Å². The first kappa shape index (κ1) is 11.7. The second kappa shape index (κ2) is 5.01. The molecule has 0 aliphatic carbocycles. The summed E-state index contributed by atoms with van der Waals surface area (Å²) in [6, 6.07) is 7.39. The van der Waals surface area contributed by atoms with Gasteiger partial charge in [-0.1, -0.05) is 6.07 Å². The number of hydrogen-bond acceptors (Lipinski definition) is 3.